The first-order valence-electron chi connectivity index (χ1n) is 6.95. The molecule has 0 saturated heterocycles. The molecule has 0 atom stereocenters. The SMILES string of the molecule is CCCN(CCOCCCOC)c1ccccc1N. The number of ether oxygens (including phenoxy) is 2. The molecular formula is C15H26N2O2. The van der Waals surface area contributed by atoms with Crippen LogP contribution in [-0.2, 0) is 9.47 Å². The molecule has 0 bridgehead atoms. The monoisotopic (exact) mass is 266 g/mol. The number of nitrogen functional groups attached to an aromatic ring is 1. The van der Waals surface area contributed by atoms with Crippen molar-refractivity contribution in [2.24, 2.45) is 0 Å². The molecule has 4 heteroatoms. The predicted molar refractivity (Wildman–Crippen MR) is 80.7 cm³/mol. The lowest BCUT2D eigenvalue weighted by Gasteiger charge is -2.25. The van der Waals surface area contributed by atoms with Gasteiger partial charge < -0.3 is 20.1 Å². The van der Waals surface area contributed by atoms with Crippen molar-refractivity contribution in [3.63, 3.8) is 0 Å². The van der Waals surface area contributed by atoms with Crippen LogP contribution in [-0.4, -0.2) is 40.0 Å². The maximum absolute atomic E-state index is 6.02. The van der Waals surface area contributed by atoms with Crippen LogP contribution in [0.5, 0.6) is 0 Å². The van der Waals surface area contributed by atoms with E-state index in [0.29, 0.717) is 0 Å². The second-order valence-electron chi connectivity index (χ2n) is 4.50. The second-order valence-corrected chi connectivity index (χ2v) is 4.50. The summed E-state index contributed by atoms with van der Waals surface area (Å²) in [6, 6.07) is 7.99. The quantitative estimate of drug-likeness (QED) is 0.522. The molecule has 1 aromatic rings. The van der Waals surface area contributed by atoms with Gasteiger partial charge in [-0.25, -0.2) is 0 Å². The van der Waals surface area contributed by atoms with Gasteiger partial charge in [0.05, 0.1) is 18.0 Å². The van der Waals surface area contributed by atoms with Crippen LogP contribution in [0.3, 0.4) is 0 Å². The molecule has 0 aromatic heterocycles. The zero-order valence-electron chi connectivity index (χ0n) is 12.1. The number of para-hydroxylation sites is 2. The molecule has 1 aromatic carbocycles. The predicted octanol–water partition coefficient (Wildman–Crippen LogP) is 2.54. The highest BCUT2D eigenvalue weighted by molar-refractivity contribution is 5.67. The molecule has 0 spiro atoms. The Balaban J connectivity index is 2.39. The van der Waals surface area contributed by atoms with Crippen LogP contribution < -0.4 is 10.6 Å². The van der Waals surface area contributed by atoms with Crippen LogP contribution in [0.15, 0.2) is 24.3 Å². The van der Waals surface area contributed by atoms with Gasteiger partial charge in [-0.2, -0.15) is 0 Å². The zero-order valence-corrected chi connectivity index (χ0v) is 12.1. The van der Waals surface area contributed by atoms with Gasteiger partial charge in [-0.1, -0.05) is 19.1 Å². The number of benzene rings is 1. The molecule has 2 N–H and O–H groups in total. The maximum Gasteiger partial charge on any atom is 0.0641 e. The molecule has 0 amide bonds. The van der Waals surface area contributed by atoms with Crippen molar-refractivity contribution in [2.45, 2.75) is 19.8 Å². The van der Waals surface area contributed by atoms with Gasteiger partial charge in [0, 0.05) is 33.4 Å². The van der Waals surface area contributed by atoms with Crippen molar-refractivity contribution in [1.29, 1.82) is 0 Å². The molecular weight excluding hydrogens is 240 g/mol. The fourth-order valence-electron chi connectivity index (χ4n) is 1.98. The topological polar surface area (TPSA) is 47.7 Å². The summed E-state index contributed by atoms with van der Waals surface area (Å²) in [5.74, 6) is 0. The number of anilines is 2. The summed E-state index contributed by atoms with van der Waals surface area (Å²) in [6.45, 7) is 6.26. The molecule has 0 unspecified atom stereocenters. The van der Waals surface area contributed by atoms with E-state index in [4.69, 9.17) is 15.2 Å². The van der Waals surface area contributed by atoms with Crippen LogP contribution in [0.2, 0.25) is 0 Å². The standard InChI is InChI=1S/C15H26N2O2/c1-3-9-17(10-13-19-12-6-11-18-2)15-8-5-4-7-14(15)16/h4-5,7-8H,3,6,9-13,16H2,1-2H3. The van der Waals surface area contributed by atoms with Crippen molar-refractivity contribution in [3.05, 3.63) is 24.3 Å². The molecule has 0 aliphatic carbocycles. The first kappa shape index (κ1) is 15.8. The van der Waals surface area contributed by atoms with Crippen LogP contribution in [0.25, 0.3) is 0 Å². The molecule has 4 nitrogen and oxygen atoms in total. The van der Waals surface area contributed by atoms with Gasteiger partial charge in [0.25, 0.3) is 0 Å². The molecule has 19 heavy (non-hydrogen) atoms. The van der Waals surface area contributed by atoms with Gasteiger partial charge in [0.1, 0.15) is 0 Å². The lowest BCUT2D eigenvalue weighted by molar-refractivity contribution is 0.107. The van der Waals surface area contributed by atoms with E-state index >= 15 is 0 Å². The summed E-state index contributed by atoms with van der Waals surface area (Å²) in [5.41, 5.74) is 7.95. The van der Waals surface area contributed by atoms with E-state index in [-0.39, 0.29) is 0 Å². The van der Waals surface area contributed by atoms with Crippen molar-refractivity contribution < 1.29 is 9.47 Å². The normalized spacial score (nSPS) is 10.6. The van der Waals surface area contributed by atoms with E-state index in [1.54, 1.807) is 7.11 Å². The van der Waals surface area contributed by atoms with E-state index in [1.807, 2.05) is 18.2 Å². The average Bonchev–Trinajstić information content (AvgIpc) is 2.42. The van der Waals surface area contributed by atoms with Crippen molar-refractivity contribution in [3.8, 4) is 0 Å². The minimum atomic E-state index is 0.720. The number of methoxy groups -OCH3 is 1. The van der Waals surface area contributed by atoms with Crippen molar-refractivity contribution in [2.75, 3.05) is 50.7 Å². The van der Waals surface area contributed by atoms with E-state index in [9.17, 15) is 0 Å². The summed E-state index contributed by atoms with van der Waals surface area (Å²) in [6.07, 6.45) is 2.04. The van der Waals surface area contributed by atoms with E-state index in [2.05, 4.69) is 17.9 Å². The summed E-state index contributed by atoms with van der Waals surface area (Å²) in [4.78, 5) is 2.28. The molecule has 0 fully saturated rings. The Kier molecular flexibility index (Phi) is 8.02. The van der Waals surface area contributed by atoms with Gasteiger partial charge in [-0.3, -0.25) is 0 Å². The third kappa shape index (κ3) is 5.94. The highest BCUT2D eigenvalue weighted by Crippen LogP contribution is 2.22. The van der Waals surface area contributed by atoms with Gasteiger partial charge in [0.2, 0.25) is 0 Å². The molecule has 0 saturated carbocycles. The van der Waals surface area contributed by atoms with Gasteiger partial charge in [-0.05, 0) is 25.0 Å². The minimum absolute atomic E-state index is 0.720. The number of rotatable bonds is 10. The third-order valence-corrected chi connectivity index (χ3v) is 2.91. The van der Waals surface area contributed by atoms with E-state index in [1.165, 1.54) is 0 Å². The number of hydrogen-bond acceptors (Lipinski definition) is 4. The van der Waals surface area contributed by atoms with E-state index in [0.717, 1.165) is 57.1 Å². The summed E-state index contributed by atoms with van der Waals surface area (Å²) >= 11 is 0. The Labute approximate surface area is 116 Å². The third-order valence-electron chi connectivity index (χ3n) is 2.91. The number of nitrogens with zero attached hydrogens (tertiary/aromatic N) is 1. The Morgan fingerprint density at radius 1 is 1.11 bits per heavy atom. The molecule has 108 valence electrons. The average molecular weight is 266 g/mol. The summed E-state index contributed by atoms with van der Waals surface area (Å²) < 4.78 is 10.6. The highest BCUT2D eigenvalue weighted by atomic mass is 16.5. The van der Waals surface area contributed by atoms with Crippen LogP contribution in [0, 0.1) is 0 Å². The van der Waals surface area contributed by atoms with E-state index < -0.39 is 0 Å². The molecule has 0 aliphatic rings. The van der Waals surface area contributed by atoms with Crippen LogP contribution in [0.4, 0.5) is 11.4 Å². The first-order chi connectivity index (χ1) is 9.29. The maximum atomic E-state index is 6.02. The van der Waals surface area contributed by atoms with Crippen LogP contribution in [0.1, 0.15) is 19.8 Å². The largest absolute Gasteiger partial charge is 0.397 e. The number of nitrogens with two attached hydrogens (primary N) is 1. The Hall–Kier alpha value is -1.26. The fraction of sp³-hybridized carbons (Fsp3) is 0.600. The zero-order chi connectivity index (χ0) is 13.9. The molecule has 0 radical (unpaired) electrons. The summed E-state index contributed by atoms with van der Waals surface area (Å²) in [5, 5.41) is 0. The summed E-state index contributed by atoms with van der Waals surface area (Å²) in [7, 11) is 1.71. The Morgan fingerprint density at radius 2 is 1.89 bits per heavy atom. The lowest BCUT2D eigenvalue weighted by atomic mass is 10.2. The second kappa shape index (κ2) is 9.64. The highest BCUT2D eigenvalue weighted by Gasteiger charge is 2.07. The fourth-order valence-corrected chi connectivity index (χ4v) is 1.98. The van der Waals surface area contributed by atoms with Gasteiger partial charge >= 0.3 is 0 Å². The Morgan fingerprint density at radius 3 is 2.58 bits per heavy atom. The molecule has 0 aliphatic heterocycles. The van der Waals surface area contributed by atoms with Gasteiger partial charge in [0.15, 0.2) is 0 Å². The molecule has 1 rings (SSSR count). The van der Waals surface area contributed by atoms with Crippen molar-refractivity contribution in [1.82, 2.24) is 0 Å². The minimum Gasteiger partial charge on any atom is -0.397 e. The first-order valence-corrected chi connectivity index (χ1v) is 6.95. The van der Waals surface area contributed by atoms with Gasteiger partial charge in [-0.15, -0.1) is 0 Å². The lowest BCUT2D eigenvalue weighted by Crippen LogP contribution is -2.29. The Bertz CT molecular complexity index is 345. The van der Waals surface area contributed by atoms with Crippen LogP contribution >= 0.6 is 0 Å². The molecule has 0 heterocycles. The van der Waals surface area contributed by atoms with Crippen molar-refractivity contribution >= 4 is 11.4 Å². The number of hydrogen-bond donors (Lipinski definition) is 1. The smallest absolute Gasteiger partial charge is 0.0641 e.